The van der Waals surface area contributed by atoms with Crippen LogP contribution in [0.2, 0.25) is 0 Å². The fourth-order valence-electron chi connectivity index (χ4n) is 2.24. The molecule has 14 heavy (non-hydrogen) atoms. The maximum absolute atomic E-state index is 5.55. The Hall–Kier alpha value is 0.440. The Morgan fingerprint density at radius 2 is 2.07 bits per heavy atom. The fourth-order valence-corrected chi connectivity index (χ4v) is 2.99. The summed E-state index contributed by atoms with van der Waals surface area (Å²) in [6.45, 7) is 6.41. The lowest BCUT2D eigenvalue weighted by molar-refractivity contribution is 0.111. The molecule has 0 heterocycles. The third-order valence-corrected chi connectivity index (χ3v) is 4.34. The van der Waals surface area contributed by atoms with Gasteiger partial charge < -0.3 is 4.74 Å². The Kier molecular flexibility index (Phi) is 6.11. The van der Waals surface area contributed by atoms with E-state index in [1.807, 2.05) is 0 Å². The Labute approximate surface area is 96.7 Å². The largest absolute Gasteiger partial charge is 0.381 e. The normalized spacial score (nSPS) is 33.2. The van der Waals surface area contributed by atoms with Gasteiger partial charge in [0.15, 0.2) is 0 Å². The summed E-state index contributed by atoms with van der Waals surface area (Å²) in [5.74, 6) is 1.76. The molecule has 0 N–H and O–H groups in total. The van der Waals surface area contributed by atoms with E-state index in [2.05, 4.69) is 29.8 Å². The zero-order chi connectivity index (χ0) is 10.4. The number of hydrogen-bond acceptors (Lipinski definition) is 1. The van der Waals surface area contributed by atoms with Crippen LogP contribution in [0.15, 0.2) is 0 Å². The van der Waals surface area contributed by atoms with E-state index in [1.54, 1.807) is 0 Å². The van der Waals surface area contributed by atoms with Gasteiger partial charge in [-0.2, -0.15) is 0 Å². The van der Waals surface area contributed by atoms with Crippen molar-refractivity contribution in [1.29, 1.82) is 0 Å². The second-order valence-corrected chi connectivity index (χ2v) is 5.77. The number of rotatable bonds is 5. The van der Waals surface area contributed by atoms with Crippen LogP contribution in [-0.4, -0.2) is 18.0 Å². The molecule has 1 nitrogen and oxygen atoms in total. The molecule has 3 atom stereocenters. The maximum Gasteiger partial charge on any atom is 0.0469 e. The van der Waals surface area contributed by atoms with Crippen LogP contribution in [0.4, 0.5) is 0 Å². The van der Waals surface area contributed by atoms with Crippen LogP contribution in [0.3, 0.4) is 0 Å². The van der Waals surface area contributed by atoms with Gasteiger partial charge in [-0.3, -0.25) is 0 Å². The van der Waals surface area contributed by atoms with Crippen LogP contribution in [0.1, 0.15) is 46.0 Å². The first kappa shape index (κ1) is 12.5. The minimum absolute atomic E-state index is 0.740. The lowest BCUT2D eigenvalue weighted by Gasteiger charge is -2.31. The molecule has 1 rings (SSSR count). The molecule has 1 fully saturated rings. The lowest BCUT2D eigenvalue weighted by atomic mass is 9.81. The van der Waals surface area contributed by atoms with Crippen molar-refractivity contribution in [2.75, 3.05) is 13.2 Å². The highest BCUT2D eigenvalue weighted by molar-refractivity contribution is 9.09. The quantitative estimate of drug-likeness (QED) is 0.538. The minimum atomic E-state index is 0.740. The van der Waals surface area contributed by atoms with Crippen molar-refractivity contribution in [3.63, 3.8) is 0 Å². The molecule has 0 aromatic heterocycles. The van der Waals surface area contributed by atoms with E-state index in [-0.39, 0.29) is 0 Å². The highest BCUT2D eigenvalue weighted by atomic mass is 79.9. The Morgan fingerprint density at radius 3 is 2.79 bits per heavy atom. The molecule has 84 valence electrons. The van der Waals surface area contributed by atoms with Gasteiger partial charge in [0.2, 0.25) is 0 Å². The third-order valence-electron chi connectivity index (χ3n) is 3.13. The first-order chi connectivity index (χ1) is 6.74. The summed E-state index contributed by atoms with van der Waals surface area (Å²) in [6, 6.07) is 0. The molecular weight excluding hydrogens is 240 g/mol. The Morgan fingerprint density at radius 1 is 1.29 bits per heavy atom. The zero-order valence-corrected chi connectivity index (χ0v) is 11.1. The maximum atomic E-state index is 5.55. The van der Waals surface area contributed by atoms with Gasteiger partial charge in [0, 0.05) is 18.0 Å². The van der Waals surface area contributed by atoms with Gasteiger partial charge >= 0.3 is 0 Å². The number of halogens is 1. The molecule has 0 saturated heterocycles. The van der Waals surface area contributed by atoms with E-state index in [9.17, 15) is 0 Å². The van der Waals surface area contributed by atoms with Gasteiger partial charge in [-0.15, -0.1) is 0 Å². The highest BCUT2D eigenvalue weighted by Crippen LogP contribution is 2.35. The van der Waals surface area contributed by atoms with Gasteiger partial charge in [0.1, 0.15) is 0 Å². The second kappa shape index (κ2) is 6.84. The van der Waals surface area contributed by atoms with Crippen molar-refractivity contribution in [1.82, 2.24) is 0 Å². The summed E-state index contributed by atoms with van der Waals surface area (Å²) < 4.78 is 5.55. The molecule has 0 spiro atoms. The van der Waals surface area contributed by atoms with Crippen molar-refractivity contribution >= 4 is 15.9 Å². The van der Waals surface area contributed by atoms with Gasteiger partial charge in [0.25, 0.3) is 0 Å². The topological polar surface area (TPSA) is 9.23 Å². The molecule has 0 bridgehead atoms. The van der Waals surface area contributed by atoms with E-state index in [4.69, 9.17) is 4.74 Å². The number of ether oxygens (including phenoxy) is 1. The van der Waals surface area contributed by atoms with Gasteiger partial charge in [-0.05, 0) is 43.9 Å². The molecule has 0 aliphatic heterocycles. The molecule has 0 aromatic carbocycles. The van der Waals surface area contributed by atoms with Crippen molar-refractivity contribution in [2.45, 2.75) is 50.8 Å². The van der Waals surface area contributed by atoms with Crippen LogP contribution >= 0.6 is 15.9 Å². The number of hydrogen-bond donors (Lipinski definition) is 0. The molecule has 0 aromatic rings. The summed E-state index contributed by atoms with van der Waals surface area (Å²) in [4.78, 5) is 0.740. The van der Waals surface area contributed by atoms with E-state index < -0.39 is 0 Å². The monoisotopic (exact) mass is 262 g/mol. The summed E-state index contributed by atoms with van der Waals surface area (Å²) in [6.07, 6.45) is 6.49. The van der Waals surface area contributed by atoms with Crippen LogP contribution < -0.4 is 0 Å². The first-order valence-corrected chi connectivity index (χ1v) is 6.87. The predicted octanol–water partition coefficient (Wildman–Crippen LogP) is 4.00. The third kappa shape index (κ3) is 4.31. The van der Waals surface area contributed by atoms with Crippen molar-refractivity contribution in [2.24, 2.45) is 11.8 Å². The zero-order valence-electron chi connectivity index (χ0n) is 9.47. The second-order valence-electron chi connectivity index (χ2n) is 4.60. The predicted molar refractivity (Wildman–Crippen MR) is 64.9 cm³/mol. The summed E-state index contributed by atoms with van der Waals surface area (Å²) in [5.41, 5.74) is 0. The van der Waals surface area contributed by atoms with Crippen LogP contribution in [-0.2, 0) is 4.74 Å². The first-order valence-electron chi connectivity index (χ1n) is 5.95. The Bertz CT molecular complexity index is 149. The molecule has 0 radical (unpaired) electrons. The summed E-state index contributed by atoms with van der Waals surface area (Å²) >= 11 is 3.80. The Balaban J connectivity index is 2.14. The smallest absolute Gasteiger partial charge is 0.0469 e. The van der Waals surface area contributed by atoms with E-state index in [1.165, 1.54) is 25.7 Å². The summed E-state index contributed by atoms with van der Waals surface area (Å²) in [7, 11) is 0. The standard InChI is InChI=1S/C12H23BrO/c1-3-7-14-8-6-11-9-10(2)4-5-12(11)13/h10-12H,3-9H2,1-2H3. The van der Waals surface area contributed by atoms with Crippen molar-refractivity contribution in [3.05, 3.63) is 0 Å². The summed E-state index contributed by atoms with van der Waals surface area (Å²) in [5, 5.41) is 0. The average Bonchev–Trinajstić information content (AvgIpc) is 2.18. The molecule has 2 heteroatoms. The van der Waals surface area contributed by atoms with Gasteiger partial charge in [-0.25, -0.2) is 0 Å². The molecular formula is C12H23BrO. The van der Waals surface area contributed by atoms with Crippen LogP contribution in [0, 0.1) is 11.8 Å². The van der Waals surface area contributed by atoms with Crippen molar-refractivity contribution in [3.8, 4) is 0 Å². The van der Waals surface area contributed by atoms with Crippen LogP contribution in [0.25, 0.3) is 0 Å². The number of alkyl halides is 1. The van der Waals surface area contributed by atoms with E-state index in [0.29, 0.717) is 0 Å². The van der Waals surface area contributed by atoms with E-state index >= 15 is 0 Å². The molecule has 1 aliphatic rings. The average molecular weight is 263 g/mol. The fraction of sp³-hybridized carbons (Fsp3) is 1.00. The molecule has 1 aliphatic carbocycles. The van der Waals surface area contributed by atoms with Gasteiger partial charge in [0.05, 0.1) is 0 Å². The molecule has 3 unspecified atom stereocenters. The SMILES string of the molecule is CCCOCCC1CC(C)CCC1Br. The van der Waals surface area contributed by atoms with Crippen LogP contribution in [0.5, 0.6) is 0 Å². The molecule has 1 saturated carbocycles. The minimum Gasteiger partial charge on any atom is -0.381 e. The van der Waals surface area contributed by atoms with Gasteiger partial charge in [-0.1, -0.05) is 29.8 Å². The highest BCUT2D eigenvalue weighted by Gasteiger charge is 2.26. The molecule has 0 amide bonds. The lowest BCUT2D eigenvalue weighted by Crippen LogP contribution is -2.25. The van der Waals surface area contributed by atoms with Crippen molar-refractivity contribution < 1.29 is 4.74 Å². The van der Waals surface area contributed by atoms with E-state index in [0.717, 1.165) is 36.3 Å².